The van der Waals surface area contributed by atoms with Crippen molar-refractivity contribution in [1.29, 1.82) is 0 Å². The van der Waals surface area contributed by atoms with Crippen LogP contribution in [0.4, 0.5) is 0 Å². The highest BCUT2D eigenvalue weighted by atomic mass is 16.5. The lowest BCUT2D eigenvalue weighted by molar-refractivity contribution is 0.406. The van der Waals surface area contributed by atoms with E-state index in [0.717, 1.165) is 23.6 Å². The molecule has 62 valence electrons. The van der Waals surface area contributed by atoms with Gasteiger partial charge in [-0.05, 0) is 13.3 Å². The molecule has 0 aliphatic rings. The molecule has 0 unspecified atom stereocenters. The van der Waals surface area contributed by atoms with E-state index in [-0.39, 0.29) is 0 Å². The molecule has 0 atom stereocenters. The molecule has 0 aliphatic carbocycles. The lowest BCUT2D eigenvalue weighted by Gasteiger charge is -2.00. The predicted molar refractivity (Wildman–Crippen MR) is 43.9 cm³/mol. The molecule has 0 spiro atoms. The second-order valence-corrected chi connectivity index (χ2v) is 2.54. The quantitative estimate of drug-likeness (QED) is 0.642. The summed E-state index contributed by atoms with van der Waals surface area (Å²) in [6.45, 7) is 4.05. The molecule has 0 saturated heterocycles. The monoisotopic (exact) mass is 154 g/mol. The number of nitrogens with zero attached hydrogens (tertiary/aromatic N) is 2. The Hall–Kier alpha value is -0.990. The van der Waals surface area contributed by atoms with E-state index >= 15 is 0 Å². The molecule has 3 nitrogen and oxygen atoms in total. The second-order valence-electron chi connectivity index (χ2n) is 2.54. The van der Waals surface area contributed by atoms with Gasteiger partial charge < -0.3 is 4.74 Å². The van der Waals surface area contributed by atoms with Crippen molar-refractivity contribution in [3.05, 3.63) is 11.4 Å². The molecule has 1 aromatic heterocycles. The molecule has 11 heavy (non-hydrogen) atoms. The largest absolute Gasteiger partial charge is 0.493 e. The Morgan fingerprint density at radius 2 is 2.18 bits per heavy atom. The van der Waals surface area contributed by atoms with Gasteiger partial charge in [0, 0.05) is 7.05 Å². The summed E-state index contributed by atoms with van der Waals surface area (Å²) in [5.74, 6) is 0.926. The summed E-state index contributed by atoms with van der Waals surface area (Å²) in [5, 5.41) is 4.24. The maximum absolute atomic E-state index is 5.20. The van der Waals surface area contributed by atoms with Crippen LogP contribution >= 0.6 is 0 Å². The molecule has 0 saturated carbocycles. The van der Waals surface area contributed by atoms with Gasteiger partial charge in [-0.25, -0.2) is 0 Å². The molecular formula is C8H14N2O. The average molecular weight is 154 g/mol. The van der Waals surface area contributed by atoms with E-state index in [2.05, 4.69) is 12.0 Å². The van der Waals surface area contributed by atoms with Crippen LogP contribution < -0.4 is 4.74 Å². The van der Waals surface area contributed by atoms with Gasteiger partial charge in [0.15, 0.2) is 5.75 Å². The molecule has 0 radical (unpaired) electrons. The Labute approximate surface area is 67.0 Å². The van der Waals surface area contributed by atoms with E-state index in [1.807, 2.05) is 18.7 Å². The molecule has 0 N–H and O–H groups in total. The topological polar surface area (TPSA) is 27.1 Å². The minimum atomic E-state index is 0.926. The molecule has 1 heterocycles. The van der Waals surface area contributed by atoms with Gasteiger partial charge >= 0.3 is 0 Å². The highest BCUT2D eigenvalue weighted by Gasteiger charge is 2.10. The van der Waals surface area contributed by atoms with E-state index in [1.165, 1.54) is 0 Å². The first-order chi connectivity index (χ1) is 5.20. The van der Waals surface area contributed by atoms with Crippen LogP contribution in [-0.4, -0.2) is 16.9 Å². The Morgan fingerprint density at radius 1 is 1.55 bits per heavy atom. The third-order valence-corrected chi connectivity index (χ3v) is 1.82. The van der Waals surface area contributed by atoms with Gasteiger partial charge in [-0.15, -0.1) is 0 Å². The van der Waals surface area contributed by atoms with Crippen LogP contribution in [0, 0.1) is 6.92 Å². The van der Waals surface area contributed by atoms with Crippen molar-refractivity contribution in [3.63, 3.8) is 0 Å². The SMILES string of the molecule is CCc1c(OC)c(C)nn1C. The maximum atomic E-state index is 5.20. The van der Waals surface area contributed by atoms with Crippen molar-refractivity contribution in [3.8, 4) is 5.75 Å². The summed E-state index contributed by atoms with van der Waals surface area (Å²) < 4.78 is 7.07. The van der Waals surface area contributed by atoms with Gasteiger partial charge in [0.25, 0.3) is 0 Å². The van der Waals surface area contributed by atoms with Crippen molar-refractivity contribution in [2.45, 2.75) is 20.3 Å². The molecule has 0 aliphatic heterocycles. The van der Waals surface area contributed by atoms with E-state index in [4.69, 9.17) is 4.74 Å². The Balaban J connectivity index is 3.17. The van der Waals surface area contributed by atoms with E-state index in [9.17, 15) is 0 Å². The molecule has 1 aromatic rings. The summed E-state index contributed by atoms with van der Waals surface area (Å²) in [7, 11) is 3.62. The van der Waals surface area contributed by atoms with Gasteiger partial charge in [-0.3, -0.25) is 4.68 Å². The van der Waals surface area contributed by atoms with Crippen LogP contribution in [0.15, 0.2) is 0 Å². The smallest absolute Gasteiger partial charge is 0.162 e. The van der Waals surface area contributed by atoms with Crippen LogP contribution in [0.2, 0.25) is 0 Å². The minimum Gasteiger partial charge on any atom is -0.493 e. The van der Waals surface area contributed by atoms with Crippen molar-refractivity contribution >= 4 is 0 Å². The van der Waals surface area contributed by atoms with Gasteiger partial charge in [0.2, 0.25) is 0 Å². The first-order valence-electron chi connectivity index (χ1n) is 3.77. The third-order valence-electron chi connectivity index (χ3n) is 1.82. The van der Waals surface area contributed by atoms with Crippen molar-refractivity contribution in [1.82, 2.24) is 9.78 Å². The third kappa shape index (κ3) is 1.23. The second kappa shape index (κ2) is 2.95. The van der Waals surface area contributed by atoms with Gasteiger partial charge in [0.05, 0.1) is 12.8 Å². The van der Waals surface area contributed by atoms with Crippen LogP contribution in [0.1, 0.15) is 18.3 Å². The molecule has 0 bridgehead atoms. The van der Waals surface area contributed by atoms with Crippen LogP contribution in [0.25, 0.3) is 0 Å². The number of hydrogen-bond donors (Lipinski definition) is 0. The number of rotatable bonds is 2. The summed E-state index contributed by atoms with van der Waals surface area (Å²) in [4.78, 5) is 0. The number of aryl methyl sites for hydroxylation is 2. The summed E-state index contributed by atoms with van der Waals surface area (Å²) in [6, 6.07) is 0. The summed E-state index contributed by atoms with van der Waals surface area (Å²) >= 11 is 0. The normalized spacial score (nSPS) is 10.2. The Kier molecular flexibility index (Phi) is 2.17. The molecule has 1 rings (SSSR count). The van der Waals surface area contributed by atoms with Gasteiger partial charge in [0.1, 0.15) is 5.69 Å². The Morgan fingerprint density at radius 3 is 2.55 bits per heavy atom. The number of aromatic nitrogens is 2. The van der Waals surface area contributed by atoms with Crippen LogP contribution in [-0.2, 0) is 13.5 Å². The Bertz CT molecular complexity index is 228. The zero-order valence-electron chi connectivity index (χ0n) is 7.51. The predicted octanol–water partition coefficient (Wildman–Crippen LogP) is 1.30. The summed E-state index contributed by atoms with van der Waals surface area (Å²) in [6.07, 6.45) is 0.959. The number of methoxy groups -OCH3 is 1. The van der Waals surface area contributed by atoms with Gasteiger partial charge in [-0.1, -0.05) is 6.92 Å². The summed E-state index contributed by atoms with van der Waals surface area (Å²) in [5.41, 5.74) is 2.12. The molecular weight excluding hydrogens is 140 g/mol. The van der Waals surface area contributed by atoms with E-state index in [0.29, 0.717) is 0 Å². The minimum absolute atomic E-state index is 0.926. The fourth-order valence-corrected chi connectivity index (χ4v) is 1.34. The lowest BCUT2D eigenvalue weighted by atomic mass is 10.3. The van der Waals surface area contributed by atoms with Crippen molar-refractivity contribution < 1.29 is 4.74 Å². The molecule has 0 aromatic carbocycles. The average Bonchev–Trinajstić information content (AvgIpc) is 2.24. The van der Waals surface area contributed by atoms with E-state index in [1.54, 1.807) is 7.11 Å². The zero-order chi connectivity index (χ0) is 8.43. The van der Waals surface area contributed by atoms with E-state index < -0.39 is 0 Å². The molecule has 0 amide bonds. The highest BCUT2D eigenvalue weighted by Crippen LogP contribution is 2.21. The van der Waals surface area contributed by atoms with Crippen LogP contribution in [0.5, 0.6) is 5.75 Å². The zero-order valence-corrected chi connectivity index (χ0v) is 7.51. The number of hydrogen-bond acceptors (Lipinski definition) is 2. The van der Waals surface area contributed by atoms with Crippen molar-refractivity contribution in [2.75, 3.05) is 7.11 Å². The first kappa shape index (κ1) is 8.11. The first-order valence-corrected chi connectivity index (χ1v) is 3.77. The van der Waals surface area contributed by atoms with Crippen molar-refractivity contribution in [2.24, 2.45) is 7.05 Å². The fraction of sp³-hybridized carbons (Fsp3) is 0.625. The van der Waals surface area contributed by atoms with Crippen LogP contribution in [0.3, 0.4) is 0 Å². The maximum Gasteiger partial charge on any atom is 0.162 e. The molecule has 0 fully saturated rings. The number of ether oxygens (including phenoxy) is 1. The molecule has 3 heteroatoms. The lowest BCUT2D eigenvalue weighted by Crippen LogP contribution is -1.97. The standard InChI is InChI=1S/C8H14N2O/c1-5-7-8(11-4)6(2)9-10(7)3/h5H2,1-4H3. The fourth-order valence-electron chi connectivity index (χ4n) is 1.34. The highest BCUT2D eigenvalue weighted by molar-refractivity contribution is 5.32. The van der Waals surface area contributed by atoms with Gasteiger partial charge in [-0.2, -0.15) is 5.10 Å².